The summed E-state index contributed by atoms with van der Waals surface area (Å²) in [4.78, 5) is 16.8. The zero-order chi connectivity index (χ0) is 18.5. The predicted octanol–water partition coefficient (Wildman–Crippen LogP) is 4.57. The number of carbonyl (C=O) groups excluding carboxylic acids is 1. The van der Waals surface area contributed by atoms with Crippen molar-refractivity contribution in [1.82, 2.24) is 15.2 Å². The summed E-state index contributed by atoms with van der Waals surface area (Å²) in [5.74, 6) is 2.40. The normalized spacial score (nSPS) is 23.2. The van der Waals surface area contributed by atoms with Gasteiger partial charge in [-0.3, -0.25) is 9.89 Å². The number of hydrogen-bond donors (Lipinski definition) is 1. The lowest BCUT2D eigenvalue weighted by Crippen LogP contribution is -2.36. The Balaban J connectivity index is 1.53. The van der Waals surface area contributed by atoms with Crippen molar-refractivity contribution >= 4 is 17.7 Å². The molecule has 6 heteroatoms. The van der Waals surface area contributed by atoms with Gasteiger partial charge in [-0.2, -0.15) is 0 Å². The standard InChI is InChI=1S/C20H27N3O2S/c1-13(2)16-10-9-14(3)11-17(16)25-18(24)12-26-20-21-19(22-23-20)15-7-5-4-6-8-15/h4-8,13-14,16-17H,9-12H2,1-3H3,(H,21,22,23)/t14-,16+,17-/m1/s1. The van der Waals surface area contributed by atoms with Crippen LogP contribution in [0.1, 0.15) is 40.0 Å². The van der Waals surface area contributed by atoms with Crippen LogP contribution in [-0.4, -0.2) is 33.0 Å². The van der Waals surface area contributed by atoms with Crippen molar-refractivity contribution in [1.29, 1.82) is 0 Å². The summed E-state index contributed by atoms with van der Waals surface area (Å²) < 4.78 is 5.82. The molecule has 5 nitrogen and oxygen atoms in total. The highest BCUT2D eigenvalue weighted by Crippen LogP contribution is 2.35. The third kappa shape index (κ3) is 4.87. The van der Waals surface area contributed by atoms with Gasteiger partial charge in [0.05, 0.1) is 5.75 Å². The van der Waals surface area contributed by atoms with E-state index in [1.165, 1.54) is 18.2 Å². The number of hydrogen-bond acceptors (Lipinski definition) is 5. The van der Waals surface area contributed by atoms with E-state index in [0.717, 1.165) is 18.4 Å². The van der Waals surface area contributed by atoms with Crippen molar-refractivity contribution in [2.45, 2.75) is 51.3 Å². The maximum Gasteiger partial charge on any atom is 0.316 e. The Labute approximate surface area is 159 Å². The van der Waals surface area contributed by atoms with Crippen molar-refractivity contribution in [3.05, 3.63) is 30.3 Å². The number of nitrogens with zero attached hydrogens (tertiary/aromatic N) is 2. The van der Waals surface area contributed by atoms with Gasteiger partial charge < -0.3 is 4.74 Å². The molecule has 1 aliphatic carbocycles. The molecule has 1 fully saturated rings. The van der Waals surface area contributed by atoms with E-state index in [1.54, 1.807) is 0 Å². The molecule has 0 radical (unpaired) electrons. The number of ether oxygens (including phenoxy) is 1. The quantitative estimate of drug-likeness (QED) is 0.593. The number of H-pyrrole nitrogens is 1. The lowest BCUT2D eigenvalue weighted by Gasteiger charge is -2.36. The summed E-state index contributed by atoms with van der Waals surface area (Å²) in [6.07, 6.45) is 3.38. The lowest BCUT2D eigenvalue weighted by atomic mass is 9.75. The van der Waals surface area contributed by atoms with E-state index in [4.69, 9.17) is 4.74 Å². The number of carbonyl (C=O) groups is 1. The maximum absolute atomic E-state index is 12.3. The molecule has 2 aromatic rings. The van der Waals surface area contributed by atoms with Crippen LogP contribution in [0, 0.1) is 17.8 Å². The Kier molecular flexibility index (Phi) is 6.35. The minimum Gasteiger partial charge on any atom is -0.461 e. The predicted molar refractivity (Wildman–Crippen MR) is 104 cm³/mol. The average Bonchev–Trinajstić information content (AvgIpc) is 3.09. The summed E-state index contributed by atoms with van der Waals surface area (Å²) in [6, 6.07) is 9.82. The van der Waals surface area contributed by atoms with Crippen LogP contribution in [0.4, 0.5) is 0 Å². The van der Waals surface area contributed by atoms with Gasteiger partial charge in [0.15, 0.2) is 5.82 Å². The van der Waals surface area contributed by atoms with Gasteiger partial charge in [-0.1, -0.05) is 69.3 Å². The first-order valence-corrected chi connectivity index (χ1v) is 10.3. The van der Waals surface area contributed by atoms with Crippen LogP contribution in [0.15, 0.2) is 35.5 Å². The van der Waals surface area contributed by atoms with Gasteiger partial charge in [0.1, 0.15) is 6.10 Å². The van der Waals surface area contributed by atoms with Gasteiger partial charge in [0.25, 0.3) is 0 Å². The molecule has 0 aliphatic heterocycles. The molecule has 0 amide bonds. The molecular formula is C20H27N3O2S. The Bertz CT molecular complexity index is 717. The Morgan fingerprint density at radius 2 is 2.08 bits per heavy atom. The second-order valence-corrected chi connectivity index (χ2v) is 8.42. The molecule has 1 aliphatic rings. The second-order valence-electron chi connectivity index (χ2n) is 7.48. The first kappa shape index (κ1) is 19.0. The number of aromatic amines is 1. The topological polar surface area (TPSA) is 67.9 Å². The highest BCUT2D eigenvalue weighted by molar-refractivity contribution is 7.99. The summed E-state index contributed by atoms with van der Waals surface area (Å²) in [5.41, 5.74) is 0.977. The molecule has 1 heterocycles. The number of esters is 1. The van der Waals surface area contributed by atoms with E-state index in [-0.39, 0.29) is 17.8 Å². The van der Waals surface area contributed by atoms with Gasteiger partial charge >= 0.3 is 5.97 Å². The van der Waals surface area contributed by atoms with Gasteiger partial charge in [0.2, 0.25) is 5.16 Å². The van der Waals surface area contributed by atoms with Crippen LogP contribution in [0.25, 0.3) is 11.4 Å². The Hall–Kier alpha value is -1.82. The molecule has 3 atom stereocenters. The third-order valence-electron chi connectivity index (χ3n) is 5.08. The summed E-state index contributed by atoms with van der Waals surface area (Å²) in [5, 5.41) is 7.67. The van der Waals surface area contributed by atoms with Crippen molar-refractivity contribution in [2.24, 2.45) is 17.8 Å². The van der Waals surface area contributed by atoms with Gasteiger partial charge in [-0.05, 0) is 30.6 Å². The molecule has 1 aromatic carbocycles. The minimum absolute atomic E-state index is 0.0406. The third-order valence-corrected chi connectivity index (χ3v) is 5.90. The Morgan fingerprint density at radius 3 is 2.81 bits per heavy atom. The van der Waals surface area contributed by atoms with Crippen molar-refractivity contribution in [2.75, 3.05) is 5.75 Å². The molecule has 140 valence electrons. The van der Waals surface area contributed by atoms with Crippen LogP contribution < -0.4 is 0 Å². The maximum atomic E-state index is 12.3. The van der Waals surface area contributed by atoms with E-state index in [2.05, 4.69) is 36.0 Å². The summed E-state index contributed by atoms with van der Waals surface area (Å²) in [7, 11) is 0. The van der Waals surface area contributed by atoms with Gasteiger partial charge in [-0.15, -0.1) is 5.10 Å². The van der Waals surface area contributed by atoms with Crippen molar-refractivity contribution < 1.29 is 9.53 Å². The monoisotopic (exact) mass is 373 g/mol. The van der Waals surface area contributed by atoms with Crippen LogP contribution >= 0.6 is 11.8 Å². The molecule has 0 unspecified atom stereocenters. The average molecular weight is 374 g/mol. The van der Waals surface area contributed by atoms with E-state index >= 15 is 0 Å². The smallest absolute Gasteiger partial charge is 0.316 e. The molecule has 1 N–H and O–H groups in total. The number of thioether (sulfide) groups is 1. The van der Waals surface area contributed by atoms with Crippen LogP contribution in [0.3, 0.4) is 0 Å². The highest BCUT2D eigenvalue weighted by atomic mass is 32.2. The van der Waals surface area contributed by atoms with Gasteiger partial charge in [-0.25, -0.2) is 4.98 Å². The number of benzene rings is 1. The fraction of sp³-hybridized carbons (Fsp3) is 0.550. The molecule has 1 saturated carbocycles. The van der Waals surface area contributed by atoms with Crippen LogP contribution in [0.2, 0.25) is 0 Å². The second kappa shape index (κ2) is 8.71. The van der Waals surface area contributed by atoms with Crippen LogP contribution in [0.5, 0.6) is 0 Å². The number of nitrogens with one attached hydrogen (secondary N) is 1. The van der Waals surface area contributed by atoms with Crippen molar-refractivity contribution in [3.63, 3.8) is 0 Å². The molecule has 0 saturated heterocycles. The summed E-state index contributed by atoms with van der Waals surface area (Å²) in [6.45, 7) is 6.68. The zero-order valence-electron chi connectivity index (χ0n) is 15.6. The molecule has 26 heavy (non-hydrogen) atoms. The molecule has 0 bridgehead atoms. The van der Waals surface area contributed by atoms with Crippen LogP contribution in [-0.2, 0) is 9.53 Å². The van der Waals surface area contributed by atoms with E-state index in [1.807, 2.05) is 30.3 Å². The molecular weight excluding hydrogens is 346 g/mol. The number of aromatic nitrogens is 3. The molecule has 0 spiro atoms. The first-order valence-electron chi connectivity index (χ1n) is 9.33. The van der Waals surface area contributed by atoms with Gasteiger partial charge in [0, 0.05) is 5.56 Å². The van der Waals surface area contributed by atoms with E-state index in [9.17, 15) is 4.79 Å². The van der Waals surface area contributed by atoms with E-state index in [0.29, 0.717) is 28.7 Å². The minimum atomic E-state index is -0.175. The zero-order valence-corrected chi connectivity index (χ0v) is 16.5. The molecule has 3 rings (SSSR count). The first-order chi connectivity index (χ1) is 12.5. The number of rotatable bonds is 6. The largest absolute Gasteiger partial charge is 0.461 e. The molecule has 1 aromatic heterocycles. The fourth-order valence-electron chi connectivity index (χ4n) is 3.61. The Morgan fingerprint density at radius 1 is 1.31 bits per heavy atom. The fourth-order valence-corrected chi connectivity index (χ4v) is 4.19. The van der Waals surface area contributed by atoms with Crippen molar-refractivity contribution in [3.8, 4) is 11.4 Å². The highest BCUT2D eigenvalue weighted by Gasteiger charge is 2.33. The lowest BCUT2D eigenvalue weighted by molar-refractivity contribution is -0.152. The summed E-state index contributed by atoms with van der Waals surface area (Å²) >= 11 is 1.32. The van der Waals surface area contributed by atoms with E-state index < -0.39 is 0 Å². The SMILES string of the molecule is CC(C)[C@@H]1CC[C@@H](C)C[C@H]1OC(=O)CSc1n[nH]c(-c2ccccc2)n1.